The van der Waals surface area contributed by atoms with E-state index in [9.17, 15) is 4.79 Å². The number of anilines is 1. The summed E-state index contributed by atoms with van der Waals surface area (Å²) in [5, 5.41) is 0.683. The average molecular weight is 473 g/mol. The summed E-state index contributed by atoms with van der Waals surface area (Å²) in [6, 6.07) is 22.4. The van der Waals surface area contributed by atoms with Gasteiger partial charge in [0, 0.05) is 10.7 Å². The number of benzene rings is 3. The molecule has 0 fully saturated rings. The van der Waals surface area contributed by atoms with Crippen LogP contribution in [-0.4, -0.2) is 27.1 Å². The minimum atomic E-state index is -0.531. The van der Waals surface area contributed by atoms with Crippen molar-refractivity contribution in [3.8, 4) is 11.4 Å². The topological polar surface area (TPSA) is 92.3 Å². The van der Waals surface area contributed by atoms with Crippen LogP contribution in [0.3, 0.4) is 0 Å². The Morgan fingerprint density at radius 2 is 1.65 bits per heavy atom. The number of halogens is 1. The van der Waals surface area contributed by atoms with Crippen LogP contribution in [0.15, 0.2) is 72.8 Å². The molecule has 0 saturated carbocycles. The number of nitrogen functional groups attached to an aromatic ring is 1. The van der Waals surface area contributed by atoms with Gasteiger partial charge in [0.25, 0.3) is 0 Å². The largest absolute Gasteiger partial charge is 0.489 e. The smallest absolute Gasteiger partial charge is 0.344 e. The van der Waals surface area contributed by atoms with E-state index in [-0.39, 0.29) is 18.0 Å². The first kappa shape index (κ1) is 21.7. The number of ether oxygens (including phenoxy) is 2. The van der Waals surface area contributed by atoms with Gasteiger partial charge in [0.05, 0.1) is 17.6 Å². The number of rotatable bonds is 6. The molecule has 7 nitrogen and oxygen atoms in total. The van der Waals surface area contributed by atoms with Crippen molar-refractivity contribution in [2.75, 3.05) is 12.3 Å². The van der Waals surface area contributed by atoms with E-state index in [4.69, 9.17) is 31.8 Å². The fraction of sp³-hybridized carbons (Fsp3) is 0.115. The molecule has 2 heterocycles. The Bertz CT molecular complexity index is 1500. The second-order valence-electron chi connectivity index (χ2n) is 7.61. The first-order valence-corrected chi connectivity index (χ1v) is 11.1. The molecule has 0 bridgehead atoms. The van der Waals surface area contributed by atoms with Gasteiger partial charge in [-0.25, -0.2) is 14.8 Å². The van der Waals surface area contributed by atoms with Crippen molar-refractivity contribution in [3.63, 3.8) is 0 Å². The highest BCUT2D eigenvalue weighted by Crippen LogP contribution is 2.32. The van der Waals surface area contributed by atoms with Crippen LogP contribution in [0.1, 0.15) is 22.8 Å². The lowest BCUT2D eigenvalue weighted by Crippen LogP contribution is -2.09. The van der Waals surface area contributed by atoms with Crippen LogP contribution >= 0.6 is 11.6 Å². The summed E-state index contributed by atoms with van der Waals surface area (Å²) in [7, 11) is 0. The molecular weight excluding hydrogens is 452 g/mol. The van der Waals surface area contributed by atoms with Crippen LogP contribution in [0.25, 0.3) is 27.9 Å². The van der Waals surface area contributed by atoms with Gasteiger partial charge in [0.1, 0.15) is 29.3 Å². The van der Waals surface area contributed by atoms with Crippen molar-refractivity contribution in [2.45, 2.75) is 13.5 Å². The lowest BCUT2D eigenvalue weighted by molar-refractivity contribution is 0.0529. The van der Waals surface area contributed by atoms with Crippen LogP contribution < -0.4 is 10.5 Å². The number of carbonyl (C=O) groups is 1. The molecule has 5 aromatic rings. The van der Waals surface area contributed by atoms with Crippen molar-refractivity contribution in [3.05, 3.63) is 88.9 Å². The second kappa shape index (κ2) is 9.03. The highest BCUT2D eigenvalue weighted by atomic mass is 35.5. The van der Waals surface area contributed by atoms with Gasteiger partial charge >= 0.3 is 5.97 Å². The van der Waals surface area contributed by atoms with E-state index in [1.165, 1.54) is 0 Å². The maximum Gasteiger partial charge on any atom is 0.344 e. The van der Waals surface area contributed by atoms with Gasteiger partial charge in [0.15, 0.2) is 5.65 Å². The van der Waals surface area contributed by atoms with Gasteiger partial charge in [-0.15, -0.1) is 0 Å². The third kappa shape index (κ3) is 4.02. The molecular formula is C26H21ClN4O3. The maximum absolute atomic E-state index is 12.7. The first-order chi connectivity index (χ1) is 16.5. The number of nitrogens with zero attached hydrogens (tertiary/aromatic N) is 3. The molecule has 3 aromatic carbocycles. The number of carbonyl (C=O) groups excluding carboxylic acids is 1. The third-order valence-electron chi connectivity index (χ3n) is 5.39. The predicted molar refractivity (Wildman–Crippen MR) is 133 cm³/mol. The Morgan fingerprint density at radius 1 is 0.971 bits per heavy atom. The summed E-state index contributed by atoms with van der Waals surface area (Å²) >= 11 is 5.94. The zero-order chi connectivity index (χ0) is 23.7. The number of hydrogen-bond acceptors (Lipinski definition) is 6. The average Bonchev–Trinajstić information content (AvgIpc) is 3.13. The van der Waals surface area contributed by atoms with Crippen LogP contribution in [0.2, 0.25) is 5.02 Å². The first-order valence-electron chi connectivity index (χ1n) is 10.8. The van der Waals surface area contributed by atoms with Gasteiger partial charge in [-0.05, 0) is 61.0 Å². The normalized spacial score (nSPS) is 11.1. The summed E-state index contributed by atoms with van der Waals surface area (Å²) in [6.07, 6.45) is 0. The molecule has 0 spiro atoms. The van der Waals surface area contributed by atoms with Crippen LogP contribution in [0.5, 0.6) is 5.75 Å². The molecule has 0 amide bonds. The minimum absolute atomic E-state index is 0.207. The Balaban J connectivity index is 1.54. The van der Waals surface area contributed by atoms with E-state index in [0.29, 0.717) is 39.6 Å². The number of para-hydroxylation sites is 2. The molecule has 0 aliphatic carbocycles. The van der Waals surface area contributed by atoms with Crippen molar-refractivity contribution >= 4 is 45.6 Å². The molecule has 0 unspecified atom stereocenters. The lowest BCUT2D eigenvalue weighted by Gasteiger charge is -2.10. The Kier molecular flexibility index (Phi) is 5.77. The van der Waals surface area contributed by atoms with E-state index in [2.05, 4.69) is 4.98 Å². The van der Waals surface area contributed by atoms with Crippen molar-refractivity contribution in [2.24, 2.45) is 0 Å². The zero-order valence-corrected chi connectivity index (χ0v) is 19.1. The van der Waals surface area contributed by atoms with Gasteiger partial charge in [-0.2, -0.15) is 0 Å². The van der Waals surface area contributed by atoms with E-state index in [1.807, 2.05) is 72.8 Å². The fourth-order valence-electron chi connectivity index (χ4n) is 3.77. The van der Waals surface area contributed by atoms with Crippen LogP contribution in [-0.2, 0) is 11.3 Å². The number of nitrogens with two attached hydrogens (primary N) is 1. The maximum atomic E-state index is 12.7. The standard InChI is InChI=1S/C26H21ClN4O3/c1-2-33-26(32)22-23-25(30-21-6-4-3-5-20(21)29-23)31(24(22)28)18-11-13-19(14-12-18)34-15-16-7-9-17(27)10-8-16/h3-14H,2,15,28H2,1H3. The van der Waals surface area contributed by atoms with Crippen molar-refractivity contribution in [1.82, 2.24) is 14.5 Å². The van der Waals surface area contributed by atoms with Crippen molar-refractivity contribution < 1.29 is 14.3 Å². The quantitative estimate of drug-likeness (QED) is 0.325. The van der Waals surface area contributed by atoms with E-state index in [1.54, 1.807) is 11.5 Å². The molecule has 2 N–H and O–H groups in total. The van der Waals surface area contributed by atoms with Crippen molar-refractivity contribution in [1.29, 1.82) is 0 Å². The Morgan fingerprint density at radius 3 is 2.32 bits per heavy atom. The van der Waals surface area contributed by atoms with Crippen LogP contribution in [0.4, 0.5) is 5.82 Å². The summed E-state index contributed by atoms with van der Waals surface area (Å²) in [5.41, 5.74) is 10.7. The number of aromatic nitrogens is 3. The summed E-state index contributed by atoms with van der Waals surface area (Å²) in [6.45, 7) is 2.39. The number of hydrogen-bond donors (Lipinski definition) is 1. The van der Waals surface area contributed by atoms with E-state index < -0.39 is 5.97 Å². The summed E-state index contributed by atoms with van der Waals surface area (Å²) in [4.78, 5) is 22.2. The summed E-state index contributed by atoms with van der Waals surface area (Å²) in [5.74, 6) is 0.380. The fourth-order valence-corrected chi connectivity index (χ4v) is 3.89. The number of esters is 1. The molecule has 5 rings (SSSR count). The van der Waals surface area contributed by atoms with E-state index in [0.717, 1.165) is 11.3 Å². The predicted octanol–water partition coefficient (Wildman–Crippen LogP) is 5.57. The monoisotopic (exact) mass is 472 g/mol. The molecule has 0 aliphatic heterocycles. The highest BCUT2D eigenvalue weighted by molar-refractivity contribution is 6.30. The van der Waals surface area contributed by atoms with E-state index >= 15 is 0 Å². The Hall–Kier alpha value is -4.10. The summed E-state index contributed by atoms with van der Waals surface area (Å²) < 4.78 is 12.9. The minimum Gasteiger partial charge on any atom is -0.489 e. The molecule has 0 saturated heterocycles. The van der Waals surface area contributed by atoms with Gasteiger partial charge in [-0.1, -0.05) is 35.9 Å². The molecule has 34 heavy (non-hydrogen) atoms. The molecule has 8 heteroatoms. The zero-order valence-electron chi connectivity index (χ0n) is 18.4. The molecule has 0 atom stereocenters. The van der Waals surface area contributed by atoms with Crippen LogP contribution in [0, 0.1) is 0 Å². The lowest BCUT2D eigenvalue weighted by atomic mass is 10.2. The highest BCUT2D eigenvalue weighted by Gasteiger charge is 2.25. The molecule has 0 aliphatic rings. The third-order valence-corrected chi connectivity index (χ3v) is 5.64. The van der Waals surface area contributed by atoms with Gasteiger partial charge in [-0.3, -0.25) is 4.57 Å². The number of fused-ring (bicyclic) bond motifs is 2. The SMILES string of the molecule is CCOC(=O)c1c(N)n(-c2ccc(OCc3ccc(Cl)cc3)cc2)c2nc3ccccc3nc12. The molecule has 170 valence electrons. The van der Waals surface area contributed by atoms with Gasteiger partial charge in [0.2, 0.25) is 0 Å². The molecule has 0 radical (unpaired) electrons. The second-order valence-corrected chi connectivity index (χ2v) is 8.05. The van der Waals surface area contributed by atoms with Gasteiger partial charge < -0.3 is 15.2 Å². The molecule has 2 aromatic heterocycles. The Labute approximate surface area is 200 Å².